The number of aryl methyl sites for hydroxylation is 2. The third-order valence-electron chi connectivity index (χ3n) is 5.57. The fraction of sp³-hybridized carbons (Fsp3) is 0.429. The van der Waals surface area contributed by atoms with Crippen LogP contribution in [0.1, 0.15) is 29.6 Å². The SMILES string of the molecule is CCn1nc(C)c(NC(=O)CN2CCc3[nH]c4ccc(OC)cc4c3C2)c1C. The van der Waals surface area contributed by atoms with Crippen LogP contribution < -0.4 is 10.1 Å². The molecule has 0 unspecified atom stereocenters. The summed E-state index contributed by atoms with van der Waals surface area (Å²) in [5.74, 6) is 0.853. The van der Waals surface area contributed by atoms with Gasteiger partial charge in [0.2, 0.25) is 5.91 Å². The topological polar surface area (TPSA) is 75.2 Å². The number of benzene rings is 1. The number of nitrogens with zero attached hydrogens (tertiary/aromatic N) is 3. The van der Waals surface area contributed by atoms with E-state index in [9.17, 15) is 4.79 Å². The van der Waals surface area contributed by atoms with Gasteiger partial charge in [0.1, 0.15) is 5.75 Å². The third-order valence-corrected chi connectivity index (χ3v) is 5.57. The Bertz CT molecular complexity index is 1030. The standard InChI is InChI=1S/C21H27N5O2/c1-5-26-14(3)21(13(2)24-26)23-20(27)12-25-9-8-19-17(11-25)16-10-15(28-4)6-7-18(16)22-19/h6-7,10,22H,5,8-9,11-12H2,1-4H3,(H,23,27). The highest BCUT2D eigenvalue weighted by molar-refractivity contribution is 5.93. The second-order valence-electron chi connectivity index (χ2n) is 7.36. The van der Waals surface area contributed by atoms with Gasteiger partial charge >= 0.3 is 0 Å². The first-order valence-corrected chi connectivity index (χ1v) is 9.73. The number of hydrogen-bond donors (Lipinski definition) is 2. The Morgan fingerprint density at radius 2 is 2.18 bits per heavy atom. The molecule has 0 bridgehead atoms. The highest BCUT2D eigenvalue weighted by Crippen LogP contribution is 2.30. The van der Waals surface area contributed by atoms with E-state index in [0.717, 1.165) is 54.4 Å². The van der Waals surface area contributed by atoms with Crippen LogP contribution in [0.15, 0.2) is 18.2 Å². The first kappa shape index (κ1) is 18.6. The zero-order valence-corrected chi connectivity index (χ0v) is 16.9. The zero-order chi connectivity index (χ0) is 19.8. The first-order valence-electron chi connectivity index (χ1n) is 9.73. The second-order valence-corrected chi connectivity index (χ2v) is 7.36. The summed E-state index contributed by atoms with van der Waals surface area (Å²) in [5.41, 5.74) is 6.34. The highest BCUT2D eigenvalue weighted by Gasteiger charge is 2.23. The number of hydrogen-bond acceptors (Lipinski definition) is 4. The van der Waals surface area contributed by atoms with Crippen molar-refractivity contribution in [2.45, 2.75) is 40.3 Å². The lowest BCUT2D eigenvalue weighted by atomic mass is 10.0. The average Bonchev–Trinajstić information content (AvgIpc) is 3.19. The lowest BCUT2D eigenvalue weighted by molar-refractivity contribution is -0.117. The third kappa shape index (κ3) is 3.26. The molecule has 7 heteroatoms. The molecule has 1 amide bonds. The molecule has 2 N–H and O–H groups in total. The number of H-pyrrole nitrogens is 1. The number of carbonyl (C=O) groups excluding carboxylic acids is 1. The van der Waals surface area contributed by atoms with Crippen LogP contribution in [0.25, 0.3) is 10.9 Å². The molecule has 28 heavy (non-hydrogen) atoms. The molecule has 7 nitrogen and oxygen atoms in total. The van der Waals surface area contributed by atoms with Crippen LogP contribution in [0.2, 0.25) is 0 Å². The molecule has 3 aromatic rings. The van der Waals surface area contributed by atoms with Crippen molar-refractivity contribution in [3.63, 3.8) is 0 Å². The Hall–Kier alpha value is -2.80. The molecule has 0 atom stereocenters. The molecule has 0 radical (unpaired) electrons. The Kier molecular flexibility index (Phi) is 4.85. The van der Waals surface area contributed by atoms with E-state index in [4.69, 9.17) is 4.74 Å². The second kappa shape index (κ2) is 7.31. The van der Waals surface area contributed by atoms with Crippen LogP contribution in [-0.2, 0) is 24.3 Å². The summed E-state index contributed by atoms with van der Waals surface area (Å²) in [7, 11) is 1.68. The summed E-state index contributed by atoms with van der Waals surface area (Å²) in [6.45, 7) is 8.74. The lowest BCUT2D eigenvalue weighted by Gasteiger charge is -2.26. The molecule has 0 spiro atoms. The van der Waals surface area contributed by atoms with Crippen LogP contribution in [0.4, 0.5) is 5.69 Å². The maximum absolute atomic E-state index is 12.7. The normalized spacial score (nSPS) is 14.3. The van der Waals surface area contributed by atoms with Crippen LogP contribution >= 0.6 is 0 Å². The van der Waals surface area contributed by atoms with Crippen LogP contribution in [0.5, 0.6) is 5.75 Å². The van der Waals surface area contributed by atoms with Gasteiger partial charge in [0.25, 0.3) is 0 Å². The molecule has 0 saturated heterocycles. The summed E-state index contributed by atoms with van der Waals surface area (Å²) >= 11 is 0. The molecule has 2 aromatic heterocycles. The van der Waals surface area contributed by atoms with Crippen molar-refractivity contribution in [1.29, 1.82) is 0 Å². The molecule has 0 saturated carbocycles. The Morgan fingerprint density at radius 1 is 1.36 bits per heavy atom. The van der Waals surface area contributed by atoms with Gasteiger partial charge in [0.15, 0.2) is 0 Å². The molecule has 4 rings (SSSR count). The quantitative estimate of drug-likeness (QED) is 0.712. The number of carbonyl (C=O) groups is 1. The molecule has 1 aliphatic rings. The van der Waals surface area contributed by atoms with E-state index in [-0.39, 0.29) is 5.91 Å². The first-order chi connectivity index (χ1) is 13.5. The number of fused-ring (bicyclic) bond motifs is 3. The molecule has 0 aliphatic carbocycles. The Labute approximate surface area is 164 Å². The fourth-order valence-electron chi connectivity index (χ4n) is 4.08. The Balaban J connectivity index is 1.49. The van der Waals surface area contributed by atoms with E-state index in [1.165, 1.54) is 16.6 Å². The van der Waals surface area contributed by atoms with Gasteiger partial charge in [-0.2, -0.15) is 5.10 Å². The summed E-state index contributed by atoms with van der Waals surface area (Å²) in [4.78, 5) is 18.4. The zero-order valence-electron chi connectivity index (χ0n) is 16.9. The van der Waals surface area contributed by atoms with Gasteiger partial charge in [-0.3, -0.25) is 14.4 Å². The summed E-state index contributed by atoms with van der Waals surface area (Å²) in [6.07, 6.45) is 0.908. The number of anilines is 1. The van der Waals surface area contributed by atoms with Crippen LogP contribution in [0.3, 0.4) is 0 Å². The number of amides is 1. The van der Waals surface area contributed by atoms with Gasteiger partial charge in [0.05, 0.1) is 30.7 Å². The largest absolute Gasteiger partial charge is 0.497 e. The minimum Gasteiger partial charge on any atom is -0.497 e. The van der Waals surface area contributed by atoms with Gasteiger partial charge < -0.3 is 15.0 Å². The van der Waals surface area contributed by atoms with E-state index in [2.05, 4.69) is 32.4 Å². The van der Waals surface area contributed by atoms with Crippen molar-refractivity contribution in [1.82, 2.24) is 19.7 Å². The number of aromatic nitrogens is 3. The monoisotopic (exact) mass is 381 g/mol. The maximum Gasteiger partial charge on any atom is 0.238 e. The predicted octanol–water partition coefficient (Wildman–Crippen LogP) is 3.01. The van der Waals surface area contributed by atoms with Crippen molar-refractivity contribution in [2.75, 3.05) is 25.5 Å². The van der Waals surface area contributed by atoms with Crippen molar-refractivity contribution >= 4 is 22.5 Å². The predicted molar refractivity (Wildman–Crippen MR) is 110 cm³/mol. The number of rotatable bonds is 5. The van der Waals surface area contributed by atoms with Crippen molar-refractivity contribution in [2.24, 2.45) is 0 Å². The number of ether oxygens (including phenoxy) is 1. The number of aromatic amines is 1. The van der Waals surface area contributed by atoms with Crippen LogP contribution in [0, 0.1) is 13.8 Å². The van der Waals surface area contributed by atoms with Gasteiger partial charge in [-0.1, -0.05) is 0 Å². The molecule has 148 valence electrons. The summed E-state index contributed by atoms with van der Waals surface area (Å²) in [6, 6.07) is 6.09. The number of methoxy groups -OCH3 is 1. The minimum atomic E-state index is 0.00252. The lowest BCUT2D eigenvalue weighted by Crippen LogP contribution is -2.37. The van der Waals surface area contributed by atoms with Gasteiger partial charge in [0, 0.05) is 42.7 Å². The molecular formula is C21H27N5O2. The molecule has 1 aromatic carbocycles. The van der Waals surface area contributed by atoms with Crippen LogP contribution in [-0.4, -0.2) is 45.8 Å². The van der Waals surface area contributed by atoms with Gasteiger partial charge in [-0.25, -0.2) is 0 Å². The van der Waals surface area contributed by atoms with Crippen molar-refractivity contribution < 1.29 is 9.53 Å². The minimum absolute atomic E-state index is 0.00252. The van der Waals surface area contributed by atoms with Crippen molar-refractivity contribution in [3.05, 3.63) is 40.8 Å². The van der Waals surface area contributed by atoms with E-state index in [1.54, 1.807) is 7.11 Å². The summed E-state index contributed by atoms with van der Waals surface area (Å²) in [5, 5.41) is 8.71. The fourth-order valence-corrected chi connectivity index (χ4v) is 4.08. The molecular weight excluding hydrogens is 354 g/mol. The van der Waals surface area contributed by atoms with E-state index in [0.29, 0.717) is 6.54 Å². The maximum atomic E-state index is 12.7. The summed E-state index contributed by atoms with van der Waals surface area (Å²) < 4.78 is 7.29. The highest BCUT2D eigenvalue weighted by atomic mass is 16.5. The molecule has 0 fully saturated rings. The number of nitrogens with one attached hydrogen (secondary N) is 2. The van der Waals surface area contributed by atoms with Gasteiger partial charge in [-0.05, 0) is 44.5 Å². The van der Waals surface area contributed by atoms with E-state index < -0.39 is 0 Å². The van der Waals surface area contributed by atoms with Gasteiger partial charge in [-0.15, -0.1) is 0 Å². The van der Waals surface area contributed by atoms with E-state index in [1.807, 2.05) is 31.5 Å². The smallest absolute Gasteiger partial charge is 0.238 e. The molecule has 1 aliphatic heterocycles. The van der Waals surface area contributed by atoms with E-state index >= 15 is 0 Å². The van der Waals surface area contributed by atoms with Crippen molar-refractivity contribution in [3.8, 4) is 5.75 Å². The Morgan fingerprint density at radius 3 is 2.89 bits per heavy atom. The average molecular weight is 381 g/mol. The molecule has 3 heterocycles.